The molecule has 1 aromatic heterocycles. The zero-order valence-corrected chi connectivity index (χ0v) is 14.0. The molecule has 0 spiro atoms. The number of rotatable bonds is 7. The van der Waals surface area contributed by atoms with Crippen LogP contribution in [0, 0.1) is 6.92 Å². The number of thiophene rings is 1. The first-order chi connectivity index (χ1) is 8.94. The van der Waals surface area contributed by atoms with Crippen LogP contribution in [0.15, 0.2) is 10.3 Å². The molecule has 0 unspecified atom stereocenters. The van der Waals surface area contributed by atoms with Crippen molar-refractivity contribution in [2.24, 2.45) is 0 Å². The Kier molecular flexibility index (Phi) is 8.29. The van der Waals surface area contributed by atoms with Crippen LogP contribution in [0.4, 0.5) is 0 Å². The third-order valence-electron chi connectivity index (χ3n) is 2.40. The van der Waals surface area contributed by atoms with Crippen LogP contribution >= 0.6 is 23.7 Å². The van der Waals surface area contributed by atoms with Crippen LogP contribution in [-0.4, -0.2) is 41.1 Å². The second-order valence-electron chi connectivity index (χ2n) is 3.82. The highest BCUT2D eigenvalue weighted by atomic mass is 35.5. The summed E-state index contributed by atoms with van der Waals surface area (Å²) in [6.45, 7) is 5.17. The van der Waals surface area contributed by atoms with E-state index in [4.69, 9.17) is 0 Å². The molecule has 0 aliphatic carbocycles. The van der Waals surface area contributed by atoms with E-state index in [0.717, 1.165) is 17.9 Å². The van der Waals surface area contributed by atoms with Crippen molar-refractivity contribution in [2.75, 3.05) is 26.7 Å². The monoisotopic (exact) mass is 342 g/mol. The van der Waals surface area contributed by atoms with E-state index in [1.54, 1.807) is 12.3 Å². The summed E-state index contributed by atoms with van der Waals surface area (Å²) in [5.74, 6) is -0.634. The fourth-order valence-electron chi connectivity index (χ4n) is 1.52. The number of esters is 1. The number of hydrogen-bond donors (Lipinski definition) is 2. The summed E-state index contributed by atoms with van der Waals surface area (Å²) >= 11 is 1.07. The Hall–Kier alpha value is -0.670. The number of aryl methyl sites for hydroxylation is 1. The van der Waals surface area contributed by atoms with Crippen molar-refractivity contribution in [3.8, 4) is 0 Å². The number of carbonyl (C=O) groups is 1. The first kappa shape index (κ1) is 19.3. The minimum absolute atomic E-state index is 0. The van der Waals surface area contributed by atoms with Gasteiger partial charge in [0.25, 0.3) is 0 Å². The van der Waals surface area contributed by atoms with Gasteiger partial charge in [0.2, 0.25) is 10.0 Å². The van der Waals surface area contributed by atoms with Gasteiger partial charge in [0.05, 0.1) is 7.11 Å². The van der Waals surface area contributed by atoms with Gasteiger partial charge in [0.15, 0.2) is 0 Å². The Labute approximate surface area is 129 Å². The minimum Gasteiger partial charge on any atom is -0.465 e. The third-order valence-corrected chi connectivity index (χ3v) is 5.26. The van der Waals surface area contributed by atoms with Crippen LogP contribution in [0.2, 0.25) is 0 Å². The Balaban J connectivity index is 0.00000361. The largest absolute Gasteiger partial charge is 0.465 e. The average Bonchev–Trinajstić information content (AvgIpc) is 2.76. The smallest absolute Gasteiger partial charge is 0.349 e. The van der Waals surface area contributed by atoms with Crippen molar-refractivity contribution < 1.29 is 17.9 Å². The van der Waals surface area contributed by atoms with Crippen molar-refractivity contribution in [1.82, 2.24) is 10.0 Å². The molecule has 6 nitrogen and oxygen atoms in total. The quantitative estimate of drug-likeness (QED) is 0.573. The van der Waals surface area contributed by atoms with E-state index >= 15 is 0 Å². The Bertz CT molecular complexity index is 543. The van der Waals surface area contributed by atoms with E-state index in [1.165, 1.54) is 7.11 Å². The van der Waals surface area contributed by atoms with Gasteiger partial charge in [-0.1, -0.05) is 6.92 Å². The number of nitrogens with one attached hydrogen (secondary N) is 2. The Morgan fingerprint density at radius 1 is 1.40 bits per heavy atom. The fraction of sp³-hybridized carbons (Fsp3) is 0.545. The Morgan fingerprint density at radius 3 is 2.60 bits per heavy atom. The van der Waals surface area contributed by atoms with Gasteiger partial charge in [0, 0.05) is 13.1 Å². The molecule has 0 aliphatic rings. The molecule has 20 heavy (non-hydrogen) atoms. The molecule has 0 saturated carbocycles. The number of likely N-dealkylation sites (N-methyl/N-ethyl adjacent to an activating group) is 1. The van der Waals surface area contributed by atoms with E-state index in [0.29, 0.717) is 12.1 Å². The van der Waals surface area contributed by atoms with Crippen molar-refractivity contribution in [3.63, 3.8) is 0 Å². The summed E-state index contributed by atoms with van der Waals surface area (Å²) in [4.78, 5) is 11.7. The number of hydrogen-bond acceptors (Lipinski definition) is 6. The van der Waals surface area contributed by atoms with Gasteiger partial charge in [-0.05, 0) is 24.4 Å². The number of halogens is 1. The summed E-state index contributed by atoms with van der Waals surface area (Å²) in [7, 11) is -2.47. The van der Waals surface area contributed by atoms with Crippen LogP contribution in [0.3, 0.4) is 0 Å². The molecule has 0 radical (unpaired) electrons. The molecule has 0 atom stereocenters. The molecule has 9 heteroatoms. The first-order valence-corrected chi connectivity index (χ1v) is 8.17. The maximum atomic E-state index is 12.2. The van der Waals surface area contributed by atoms with E-state index in [-0.39, 0.29) is 28.7 Å². The lowest BCUT2D eigenvalue weighted by Gasteiger charge is -2.08. The molecule has 0 saturated heterocycles. The maximum Gasteiger partial charge on any atom is 0.349 e. The van der Waals surface area contributed by atoms with Gasteiger partial charge in [-0.2, -0.15) is 0 Å². The van der Waals surface area contributed by atoms with E-state index in [1.807, 2.05) is 6.92 Å². The zero-order valence-electron chi connectivity index (χ0n) is 11.6. The average molecular weight is 343 g/mol. The van der Waals surface area contributed by atoms with Gasteiger partial charge >= 0.3 is 5.97 Å². The Morgan fingerprint density at radius 2 is 2.05 bits per heavy atom. The van der Waals surface area contributed by atoms with Crippen LogP contribution < -0.4 is 10.0 Å². The molecule has 1 aromatic rings. The first-order valence-electron chi connectivity index (χ1n) is 5.80. The van der Waals surface area contributed by atoms with Gasteiger partial charge in [-0.25, -0.2) is 17.9 Å². The highest BCUT2D eigenvalue weighted by Gasteiger charge is 2.26. The van der Waals surface area contributed by atoms with E-state index in [2.05, 4.69) is 14.8 Å². The second-order valence-corrected chi connectivity index (χ2v) is 6.40. The number of ether oxygens (including phenoxy) is 1. The normalized spacial score (nSPS) is 10.9. The molecule has 116 valence electrons. The van der Waals surface area contributed by atoms with Gasteiger partial charge in [0.1, 0.15) is 9.77 Å². The van der Waals surface area contributed by atoms with Gasteiger partial charge < -0.3 is 10.1 Å². The number of carbonyl (C=O) groups excluding carboxylic acids is 1. The van der Waals surface area contributed by atoms with E-state index in [9.17, 15) is 13.2 Å². The second kappa shape index (κ2) is 8.58. The molecule has 2 N–H and O–H groups in total. The predicted octanol–water partition coefficient (Wildman–Crippen LogP) is 1.15. The lowest BCUT2D eigenvalue weighted by Crippen LogP contribution is -2.32. The summed E-state index contributed by atoms with van der Waals surface area (Å²) in [5.41, 5.74) is 0.543. The number of sulfonamides is 1. The standard InChI is InChI=1S/C11H18N2O4S2.ClH/c1-4-12-5-6-13-19(15,16)10-8(2)7-18-9(10)11(14)17-3;/h7,12-13H,4-6H2,1-3H3;1H. The zero-order chi connectivity index (χ0) is 14.5. The van der Waals surface area contributed by atoms with E-state index < -0.39 is 16.0 Å². The minimum atomic E-state index is -3.69. The molecule has 0 bridgehead atoms. The summed E-state index contributed by atoms with van der Waals surface area (Å²) in [6, 6.07) is 0. The maximum absolute atomic E-state index is 12.2. The van der Waals surface area contributed by atoms with Crippen LogP contribution in [0.25, 0.3) is 0 Å². The van der Waals surface area contributed by atoms with Crippen LogP contribution in [-0.2, 0) is 14.8 Å². The van der Waals surface area contributed by atoms with Gasteiger partial charge in [-0.15, -0.1) is 23.7 Å². The van der Waals surface area contributed by atoms with Crippen molar-refractivity contribution in [2.45, 2.75) is 18.7 Å². The molecular formula is C11H19ClN2O4S2. The predicted molar refractivity (Wildman–Crippen MR) is 81.4 cm³/mol. The summed E-state index contributed by atoms with van der Waals surface area (Å²) < 4.78 is 31.4. The number of methoxy groups -OCH3 is 1. The van der Waals surface area contributed by atoms with Gasteiger partial charge in [-0.3, -0.25) is 0 Å². The van der Waals surface area contributed by atoms with Crippen molar-refractivity contribution >= 4 is 39.7 Å². The van der Waals surface area contributed by atoms with Crippen molar-refractivity contribution in [3.05, 3.63) is 15.8 Å². The highest BCUT2D eigenvalue weighted by Crippen LogP contribution is 2.27. The third kappa shape index (κ3) is 4.71. The van der Waals surface area contributed by atoms with Crippen LogP contribution in [0.1, 0.15) is 22.2 Å². The molecule has 1 rings (SSSR count). The lowest BCUT2D eigenvalue weighted by atomic mass is 10.3. The fourth-order valence-corrected chi connectivity index (χ4v) is 4.26. The van der Waals surface area contributed by atoms with Crippen molar-refractivity contribution in [1.29, 1.82) is 0 Å². The molecule has 0 aliphatic heterocycles. The molecule has 0 fully saturated rings. The highest BCUT2D eigenvalue weighted by molar-refractivity contribution is 7.89. The molecular weight excluding hydrogens is 324 g/mol. The topological polar surface area (TPSA) is 84.5 Å². The summed E-state index contributed by atoms with van der Waals surface area (Å²) in [6.07, 6.45) is 0. The lowest BCUT2D eigenvalue weighted by molar-refractivity contribution is 0.0602. The summed E-state index contributed by atoms with van der Waals surface area (Å²) in [5, 5.41) is 4.64. The molecule has 0 amide bonds. The van der Waals surface area contributed by atoms with Crippen LogP contribution in [0.5, 0.6) is 0 Å². The molecule has 0 aromatic carbocycles. The SMILES string of the molecule is CCNCCNS(=O)(=O)c1c(C)csc1C(=O)OC.Cl. The molecule has 1 heterocycles.